The van der Waals surface area contributed by atoms with Gasteiger partial charge in [0.15, 0.2) is 0 Å². The summed E-state index contributed by atoms with van der Waals surface area (Å²) in [7, 11) is 0. The molecule has 0 aliphatic heterocycles. The summed E-state index contributed by atoms with van der Waals surface area (Å²) in [6.07, 6.45) is 3.87. The highest BCUT2D eigenvalue weighted by atomic mass is 16.5. The third-order valence-electron chi connectivity index (χ3n) is 2.84. The molecule has 0 aromatic heterocycles. The van der Waals surface area contributed by atoms with E-state index in [2.05, 4.69) is 30.4 Å². The summed E-state index contributed by atoms with van der Waals surface area (Å²) in [5, 5.41) is 3.40. The number of benzene rings is 1. The second kappa shape index (κ2) is 5.90. The van der Waals surface area contributed by atoms with Gasteiger partial charge < -0.3 is 10.1 Å². The SMILES string of the molecule is CCCNCc1cccc(OCC2CC2)c1. The Hall–Kier alpha value is -1.02. The molecule has 1 saturated carbocycles. The van der Waals surface area contributed by atoms with Crippen LogP contribution in [0.2, 0.25) is 0 Å². The lowest BCUT2D eigenvalue weighted by Crippen LogP contribution is -2.13. The van der Waals surface area contributed by atoms with Gasteiger partial charge in [-0.25, -0.2) is 0 Å². The summed E-state index contributed by atoms with van der Waals surface area (Å²) in [5.74, 6) is 1.84. The first-order chi connectivity index (χ1) is 7.88. The van der Waals surface area contributed by atoms with E-state index in [1.165, 1.54) is 24.8 Å². The molecule has 2 rings (SSSR count). The molecule has 0 spiro atoms. The van der Waals surface area contributed by atoms with Crippen molar-refractivity contribution in [2.75, 3.05) is 13.2 Å². The molecule has 1 aliphatic carbocycles. The van der Waals surface area contributed by atoms with Crippen LogP contribution in [-0.2, 0) is 6.54 Å². The largest absolute Gasteiger partial charge is 0.493 e. The van der Waals surface area contributed by atoms with Crippen LogP contribution in [-0.4, -0.2) is 13.2 Å². The van der Waals surface area contributed by atoms with Gasteiger partial charge in [-0.15, -0.1) is 0 Å². The molecule has 0 atom stereocenters. The summed E-state index contributed by atoms with van der Waals surface area (Å²) in [5.41, 5.74) is 1.31. The lowest BCUT2D eigenvalue weighted by Gasteiger charge is -2.08. The average molecular weight is 219 g/mol. The number of nitrogens with one attached hydrogen (secondary N) is 1. The van der Waals surface area contributed by atoms with Gasteiger partial charge in [0.05, 0.1) is 6.61 Å². The summed E-state index contributed by atoms with van der Waals surface area (Å²) in [6.45, 7) is 5.09. The molecule has 0 bridgehead atoms. The van der Waals surface area contributed by atoms with Gasteiger partial charge in [-0.1, -0.05) is 19.1 Å². The van der Waals surface area contributed by atoms with Crippen LogP contribution in [0.3, 0.4) is 0 Å². The van der Waals surface area contributed by atoms with Gasteiger partial charge in [0.25, 0.3) is 0 Å². The Morgan fingerprint density at radius 1 is 1.38 bits per heavy atom. The molecule has 1 aromatic rings. The van der Waals surface area contributed by atoms with Crippen LogP contribution in [0.1, 0.15) is 31.7 Å². The molecule has 88 valence electrons. The molecular formula is C14H21NO. The van der Waals surface area contributed by atoms with Crippen LogP contribution < -0.4 is 10.1 Å². The Labute approximate surface area is 98.0 Å². The molecule has 0 unspecified atom stereocenters. The highest BCUT2D eigenvalue weighted by Gasteiger charge is 2.21. The van der Waals surface area contributed by atoms with E-state index >= 15 is 0 Å². The summed E-state index contributed by atoms with van der Waals surface area (Å²) in [4.78, 5) is 0. The fourth-order valence-corrected chi connectivity index (χ4v) is 1.65. The second-order valence-electron chi connectivity index (χ2n) is 4.58. The average Bonchev–Trinajstić information content (AvgIpc) is 3.11. The Morgan fingerprint density at radius 3 is 3.00 bits per heavy atom. The minimum absolute atomic E-state index is 0.821. The van der Waals surface area contributed by atoms with Gasteiger partial charge in [-0.2, -0.15) is 0 Å². The van der Waals surface area contributed by atoms with Crippen LogP contribution in [0.25, 0.3) is 0 Å². The Kier molecular flexibility index (Phi) is 4.23. The minimum atomic E-state index is 0.821. The third kappa shape index (κ3) is 3.86. The van der Waals surface area contributed by atoms with E-state index in [4.69, 9.17) is 4.74 Å². The summed E-state index contributed by atoms with van der Waals surface area (Å²) in [6, 6.07) is 8.41. The van der Waals surface area contributed by atoms with Gasteiger partial charge in [0, 0.05) is 6.54 Å². The van der Waals surface area contributed by atoms with Crippen LogP contribution in [0.5, 0.6) is 5.75 Å². The van der Waals surface area contributed by atoms with Crippen LogP contribution in [0, 0.1) is 5.92 Å². The van der Waals surface area contributed by atoms with E-state index < -0.39 is 0 Å². The fraction of sp³-hybridized carbons (Fsp3) is 0.571. The van der Waals surface area contributed by atoms with E-state index in [1.807, 2.05) is 6.07 Å². The van der Waals surface area contributed by atoms with Crippen LogP contribution >= 0.6 is 0 Å². The quantitative estimate of drug-likeness (QED) is 0.712. The maximum Gasteiger partial charge on any atom is 0.119 e. The van der Waals surface area contributed by atoms with E-state index in [0.29, 0.717) is 0 Å². The third-order valence-corrected chi connectivity index (χ3v) is 2.84. The first-order valence-electron chi connectivity index (χ1n) is 6.31. The van der Waals surface area contributed by atoms with Crippen molar-refractivity contribution in [2.24, 2.45) is 5.92 Å². The van der Waals surface area contributed by atoms with E-state index in [9.17, 15) is 0 Å². The number of hydrogen-bond donors (Lipinski definition) is 1. The Morgan fingerprint density at radius 2 is 2.25 bits per heavy atom. The topological polar surface area (TPSA) is 21.3 Å². The predicted octanol–water partition coefficient (Wildman–Crippen LogP) is 2.98. The van der Waals surface area contributed by atoms with E-state index in [0.717, 1.165) is 31.4 Å². The number of ether oxygens (including phenoxy) is 1. The van der Waals surface area contributed by atoms with Gasteiger partial charge >= 0.3 is 0 Å². The van der Waals surface area contributed by atoms with Crippen LogP contribution in [0.4, 0.5) is 0 Å². The first-order valence-corrected chi connectivity index (χ1v) is 6.31. The summed E-state index contributed by atoms with van der Waals surface area (Å²) < 4.78 is 5.75. The molecular weight excluding hydrogens is 198 g/mol. The molecule has 0 amide bonds. The maximum absolute atomic E-state index is 5.75. The van der Waals surface area contributed by atoms with E-state index in [-0.39, 0.29) is 0 Å². The maximum atomic E-state index is 5.75. The van der Waals surface area contributed by atoms with Crippen molar-refractivity contribution < 1.29 is 4.74 Å². The molecule has 0 radical (unpaired) electrons. The van der Waals surface area contributed by atoms with Crippen molar-refractivity contribution >= 4 is 0 Å². The van der Waals surface area contributed by atoms with Crippen LogP contribution in [0.15, 0.2) is 24.3 Å². The molecule has 2 heteroatoms. The normalized spacial score (nSPS) is 15.1. The van der Waals surface area contributed by atoms with Crippen molar-refractivity contribution in [1.82, 2.24) is 5.32 Å². The van der Waals surface area contributed by atoms with Gasteiger partial charge in [0.1, 0.15) is 5.75 Å². The fourth-order valence-electron chi connectivity index (χ4n) is 1.65. The predicted molar refractivity (Wildman–Crippen MR) is 66.7 cm³/mol. The summed E-state index contributed by atoms with van der Waals surface area (Å²) >= 11 is 0. The molecule has 1 aliphatic rings. The molecule has 0 saturated heterocycles. The lowest BCUT2D eigenvalue weighted by atomic mass is 10.2. The highest BCUT2D eigenvalue weighted by molar-refractivity contribution is 5.28. The van der Waals surface area contributed by atoms with Gasteiger partial charge in [-0.05, 0) is 49.4 Å². The van der Waals surface area contributed by atoms with Crippen molar-refractivity contribution in [3.8, 4) is 5.75 Å². The van der Waals surface area contributed by atoms with Crippen molar-refractivity contribution in [3.63, 3.8) is 0 Å². The Balaban J connectivity index is 1.80. The minimum Gasteiger partial charge on any atom is -0.493 e. The zero-order valence-electron chi connectivity index (χ0n) is 10.0. The van der Waals surface area contributed by atoms with E-state index in [1.54, 1.807) is 0 Å². The zero-order chi connectivity index (χ0) is 11.2. The monoisotopic (exact) mass is 219 g/mol. The zero-order valence-corrected chi connectivity index (χ0v) is 10.0. The number of rotatable bonds is 7. The lowest BCUT2D eigenvalue weighted by molar-refractivity contribution is 0.299. The first kappa shape index (κ1) is 11.5. The van der Waals surface area contributed by atoms with Gasteiger partial charge in [-0.3, -0.25) is 0 Å². The molecule has 2 nitrogen and oxygen atoms in total. The molecule has 1 N–H and O–H groups in total. The Bertz CT molecular complexity index is 320. The van der Waals surface area contributed by atoms with Gasteiger partial charge in [0.2, 0.25) is 0 Å². The molecule has 16 heavy (non-hydrogen) atoms. The smallest absolute Gasteiger partial charge is 0.119 e. The molecule has 1 fully saturated rings. The van der Waals surface area contributed by atoms with Crippen molar-refractivity contribution in [3.05, 3.63) is 29.8 Å². The van der Waals surface area contributed by atoms with Crippen molar-refractivity contribution in [2.45, 2.75) is 32.7 Å². The standard InChI is InChI=1S/C14H21NO/c1-2-8-15-10-13-4-3-5-14(9-13)16-11-12-6-7-12/h3-5,9,12,15H,2,6-8,10-11H2,1H3. The molecule has 0 heterocycles. The highest BCUT2D eigenvalue weighted by Crippen LogP contribution is 2.29. The van der Waals surface area contributed by atoms with Crippen molar-refractivity contribution in [1.29, 1.82) is 0 Å². The number of hydrogen-bond acceptors (Lipinski definition) is 2. The molecule has 1 aromatic carbocycles. The second-order valence-corrected chi connectivity index (χ2v) is 4.58.